The van der Waals surface area contributed by atoms with E-state index >= 15 is 0 Å². The van der Waals surface area contributed by atoms with E-state index in [1.807, 2.05) is 65.5 Å². The third kappa shape index (κ3) is 5.83. The first-order valence-electron chi connectivity index (χ1n) is 14.8. The quantitative estimate of drug-likeness (QED) is 0.280. The molecule has 1 N–H and O–H groups in total. The maximum Gasteiger partial charge on any atom is 0.410 e. The van der Waals surface area contributed by atoms with Crippen LogP contribution in [0.5, 0.6) is 5.75 Å². The number of carbonyl (C=O) groups excluding carboxylic acids is 1. The molecule has 5 rings (SSSR count). The van der Waals surface area contributed by atoms with Crippen LogP contribution in [0.1, 0.15) is 64.3 Å². The number of pyridine rings is 2. The largest absolute Gasteiger partial charge is 0.507 e. The average molecular weight is 619 g/mol. The highest BCUT2D eigenvalue weighted by atomic mass is 35.5. The third-order valence-corrected chi connectivity index (χ3v) is 8.06. The molecule has 0 bridgehead atoms. The lowest BCUT2D eigenvalue weighted by molar-refractivity contribution is 0.0218. The highest BCUT2D eigenvalue weighted by molar-refractivity contribution is 6.34. The molecular formula is C33H39ClN6O4. The Bertz CT molecular complexity index is 1810. The van der Waals surface area contributed by atoms with Crippen LogP contribution in [0, 0.1) is 13.8 Å². The van der Waals surface area contributed by atoms with Crippen molar-refractivity contribution in [2.45, 2.75) is 73.0 Å². The fourth-order valence-corrected chi connectivity index (χ4v) is 5.87. The summed E-state index contributed by atoms with van der Waals surface area (Å²) in [5.41, 5.74) is 2.91. The number of phenols is 1. The van der Waals surface area contributed by atoms with Gasteiger partial charge in [-0.2, -0.15) is 4.98 Å². The number of ether oxygens (including phenoxy) is 1. The molecule has 1 aliphatic rings. The Balaban J connectivity index is 1.73. The first-order chi connectivity index (χ1) is 20.7. The number of phenolic OH excluding ortho intramolecular Hbond substituents is 1. The predicted molar refractivity (Wildman–Crippen MR) is 173 cm³/mol. The van der Waals surface area contributed by atoms with Gasteiger partial charge in [-0.15, -0.1) is 0 Å². The van der Waals surface area contributed by atoms with Gasteiger partial charge < -0.3 is 19.6 Å². The molecule has 232 valence electrons. The highest BCUT2D eigenvalue weighted by Crippen LogP contribution is 2.39. The molecule has 0 saturated carbocycles. The molecule has 3 aromatic heterocycles. The van der Waals surface area contributed by atoms with Crippen molar-refractivity contribution in [1.29, 1.82) is 0 Å². The highest BCUT2D eigenvalue weighted by Gasteiger charge is 2.33. The van der Waals surface area contributed by atoms with E-state index in [1.165, 1.54) is 4.57 Å². The summed E-state index contributed by atoms with van der Waals surface area (Å²) in [6.45, 7) is 16.5. The van der Waals surface area contributed by atoms with E-state index in [1.54, 1.807) is 36.2 Å². The zero-order valence-electron chi connectivity index (χ0n) is 26.5. The number of benzene rings is 1. The van der Waals surface area contributed by atoms with Crippen molar-refractivity contribution >= 4 is 34.5 Å². The third-order valence-electron chi connectivity index (χ3n) is 7.77. The van der Waals surface area contributed by atoms with Crippen molar-refractivity contribution in [3.63, 3.8) is 0 Å². The minimum atomic E-state index is -0.606. The summed E-state index contributed by atoms with van der Waals surface area (Å²) in [5.74, 6) is 0.511. The van der Waals surface area contributed by atoms with Gasteiger partial charge >= 0.3 is 11.8 Å². The van der Waals surface area contributed by atoms with Crippen LogP contribution < -0.4 is 10.6 Å². The van der Waals surface area contributed by atoms with E-state index in [9.17, 15) is 14.7 Å². The molecule has 1 atom stereocenters. The number of fused-ring (bicyclic) bond motifs is 1. The summed E-state index contributed by atoms with van der Waals surface area (Å²) in [6.07, 6.45) is 1.35. The van der Waals surface area contributed by atoms with Gasteiger partial charge in [-0.25, -0.2) is 19.1 Å². The van der Waals surface area contributed by atoms with E-state index in [4.69, 9.17) is 21.3 Å². The standard InChI is InChI=1S/C33H39ClN6O4/c1-18(2)25-27(19(3)12-13-35-25)40-30-23(16-24(34)26(36-30)22-11-9-10-20(4)28(22)41)29(37-31(40)42)39-15-14-38(17-21(39)5)32(43)44-33(6,7)8/h9-13,16,18,21,41H,14-15,17H2,1-8H3/t21-/m0/s1. The summed E-state index contributed by atoms with van der Waals surface area (Å²) in [7, 11) is 0. The molecule has 1 fully saturated rings. The van der Waals surface area contributed by atoms with Gasteiger partial charge in [0.05, 0.1) is 27.5 Å². The van der Waals surface area contributed by atoms with Crippen molar-refractivity contribution in [3.05, 3.63) is 68.9 Å². The molecule has 0 radical (unpaired) electrons. The second kappa shape index (κ2) is 11.7. The Morgan fingerprint density at radius 2 is 1.84 bits per heavy atom. The first-order valence-corrected chi connectivity index (χ1v) is 15.2. The fourth-order valence-electron chi connectivity index (χ4n) is 5.61. The van der Waals surface area contributed by atoms with E-state index in [2.05, 4.69) is 9.97 Å². The number of nitrogens with zero attached hydrogens (tertiary/aromatic N) is 6. The van der Waals surface area contributed by atoms with Crippen molar-refractivity contribution in [3.8, 4) is 22.7 Å². The number of piperazine rings is 1. The van der Waals surface area contributed by atoms with Crippen LogP contribution in [0.4, 0.5) is 10.6 Å². The summed E-state index contributed by atoms with van der Waals surface area (Å²) < 4.78 is 7.10. The maximum atomic E-state index is 14.1. The minimum Gasteiger partial charge on any atom is -0.507 e. The number of rotatable bonds is 4. The lowest BCUT2D eigenvalue weighted by Crippen LogP contribution is -2.55. The SMILES string of the molecule is Cc1cccc(-c2nc3c(cc2Cl)c(N2CCN(C(=O)OC(C)(C)C)C[C@@H]2C)nc(=O)n3-c2c(C)ccnc2C(C)C)c1O. The van der Waals surface area contributed by atoms with Crippen LogP contribution in [0.15, 0.2) is 41.3 Å². The van der Waals surface area contributed by atoms with Gasteiger partial charge in [0.25, 0.3) is 0 Å². The Hall–Kier alpha value is -4.18. The second-order valence-corrected chi connectivity index (χ2v) is 13.1. The zero-order chi connectivity index (χ0) is 32.1. The van der Waals surface area contributed by atoms with E-state index in [-0.39, 0.29) is 23.8 Å². The maximum absolute atomic E-state index is 14.1. The van der Waals surface area contributed by atoms with Crippen LogP contribution in [0.2, 0.25) is 5.02 Å². The molecular weight excluding hydrogens is 580 g/mol. The van der Waals surface area contributed by atoms with Crippen molar-refractivity contribution in [2.75, 3.05) is 24.5 Å². The molecule has 0 spiro atoms. The number of aromatic hydroxyl groups is 1. The normalized spacial score (nSPS) is 15.7. The fraction of sp³-hybridized carbons (Fsp3) is 0.424. The molecule has 10 nitrogen and oxygen atoms in total. The summed E-state index contributed by atoms with van der Waals surface area (Å²) in [5, 5.41) is 11.8. The lowest BCUT2D eigenvalue weighted by atomic mass is 10.0. The Morgan fingerprint density at radius 3 is 2.50 bits per heavy atom. The number of aryl methyl sites for hydroxylation is 2. The molecule has 44 heavy (non-hydrogen) atoms. The number of halogens is 1. The number of carbonyl (C=O) groups is 1. The van der Waals surface area contributed by atoms with E-state index in [0.29, 0.717) is 64.0 Å². The molecule has 0 unspecified atom stereocenters. The topological polar surface area (TPSA) is 114 Å². The van der Waals surface area contributed by atoms with Crippen LogP contribution in [-0.4, -0.2) is 66.9 Å². The van der Waals surface area contributed by atoms with Crippen molar-refractivity contribution in [2.24, 2.45) is 0 Å². The molecule has 4 aromatic rings. The van der Waals surface area contributed by atoms with Gasteiger partial charge in [0.1, 0.15) is 17.2 Å². The smallest absolute Gasteiger partial charge is 0.410 e. The molecule has 1 saturated heterocycles. The predicted octanol–water partition coefficient (Wildman–Crippen LogP) is 6.39. The number of hydrogen-bond donors (Lipinski definition) is 1. The van der Waals surface area contributed by atoms with E-state index < -0.39 is 11.3 Å². The number of para-hydroxylation sites is 1. The Kier molecular flexibility index (Phi) is 8.33. The van der Waals surface area contributed by atoms with Crippen LogP contribution in [-0.2, 0) is 4.74 Å². The minimum absolute atomic E-state index is 0.0140. The van der Waals surface area contributed by atoms with Gasteiger partial charge in [-0.05, 0) is 76.8 Å². The second-order valence-electron chi connectivity index (χ2n) is 12.7. The van der Waals surface area contributed by atoms with Gasteiger partial charge in [-0.3, -0.25) is 4.98 Å². The lowest BCUT2D eigenvalue weighted by Gasteiger charge is -2.41. The molecule has 0 aliphatic carbocycles. The van der Waals surface area contributed by atoms with E-state index in [0.717, 1.165) is 11.3 Å². The molecule has 1 aliphatic heterocycles. The van der Waals surface area contributed by atoms with Crippen LogP contribution in [0.3, 0.4) is 0 Å². The van der Waals surface area contributed by atoms with Gasteiger partial charge in [0.2, 0.25) is 0 Å². The average Bonchev–Trinajstić information content (AvgIpc) is 2.93. The van der Waals surface area contributed by atoms with Gasteiger partial charge in [0, 0.05) is 37.4 Å². The van der Waals surface area contributed by atoms with Crippen molar-refractivity contribution < 1.29 is 14.6 Å². The summed E-state index contributed by atoms with van der Waals surface area (Å²) >= 11 is 6.90. The zero-order valence-corrected chi connectivity index (χ0v) is 27.2. The number of anilines is 1. The first kappa shape index (κ1) is 31.3. The molecule has 1 amide bonds. The molecule has 4 heterocycles. The van der Waals surface area contributed by atoms with Crippen molar-refractivity contribution in [1.82, 2.24) is 24.4 Å². The number of hydrogen-bond acceptors (Lipinski definition) is 8. The monoisotopic (exact) mass is 618 g/mol. The molecule has 11 heteroatoms. The van der Waals surface area contributed by atoms with Gasteiger partial charge in [-0.1, -0.05) is 37.6 Å². The summed E-state index contributed by atoms with van der Waals surface area (Å²) in [4.78, 5) is 44.8. The Morgan fingerprint density at radius 1 is 1.11 bits per heavy atom. The van der Waals surface area contributed by atoms with Gasteiger partial charge in [0.15, 0.2) is 5.65 Å². The summed E-state index contributed by atoms with van der Waals surface area (Å²) in [6, 6.07) is 8.80. The number of amides is 1. The number of aromatic nitrogens is 4. The van der Waals surface area contributed by atoms with Crippen LogP contribution >= 0.6 is 11.6 Å². The van der Waals surface area contributed by atoms with Crippen LogP contribution in [0.25, 0.3) is 28.0 Å². The molecule has 1 aromatic carbocycles. The Labute approximate surface area is 262 Å².